The largest absolute Gasteiger partial charge is 0.373 e. The molecule has 0 amide bonds. The average molecular weight is 300 g/mol. The van der Waals surface area contributed by atoms with Crippen molar-refractivity contribution in [3.63, 3.8) is 0 Å². The van der Waals surface area contributed by atoms with Gasteiger partial charge in [0.2, 0.25) is 0 Å². The Labute approximate surface area is 107 Å². The molecular weight excluding hydrogens is 284 g/mol. The third-order valence-corrected chi connectivity index (χ3v) is 3.09. The Morgan fingerprint density at radius 3 is 1.61 bits per heavy atom. The van der Waals surface area contributed by atoms with Crippen LogP contribution in [-0.4, -0.2) is 32.2 Å². The highest BCUT2D eigenvalue weighted by Crippen LogP contribution is 2.11. The van der Waals surface area contributed by atoms with Crippen molar-refractivity contribution in [3.8, 4) is 0 Å². The van der Waals surface area contributed by atoms with Gasteiger partial charge in [0.05, 0.1) is 0 Å². The van der Waals surface area contributed by atoms with Crippen LogP contribution in [0.15, 0.2) is 30.3 Å². The zero-order valence-corrected chi connectivity index (χ0v) is 11.4. The summed E-state index contributed by atoms with van der Waals surface area (Å²) in [6.45, 7) is 4.41. The summed E-state index contributed by atoms with van der Waals surface area (Å²) < 4.78 is 43.0. The van der Waals surface area contributed by atoms with Crippen LogP contribution in [0.1, 0.15) is 25.3 Å². The summed E-state index contributed by atoms with van der Waals surface area (Å²) in [7, 11) is -7.87. The normalized spacial score (nSPS) is 11.7. The van der Waals surface area contributed by atoms with Crippen LogP contribution in [0.5, 0.6) is 0 Å². The Balaban J connectivity index is 0. The highest BCUT2D eigenvalue weighted by molar-refractivity contribution is 8.59. The van der Waals surface area contributed by atoms with Gasteiger partial charge in [-0.05, 0) is 11.5 Å². The molecule has 0 aromatic heterocycles. The van der Waals surface area contributed by atoms with E-state index in [9.17, 15) is 12.6 Å². The molecule has 1 unspecified atom stereocenters. The molecule has 4 N–H and O–H groups in total. The lowest BCUT2D eigenvalue weighted by Crippen LogP contribution is -2.03. The lowest BCUT2D eigenvalue weighted by molar-refractivity contribution is -0.176. The monoisotopic (exact) mass is 300 g/mol. The molecular formula is C9H16O7S2. The summed E-state index contributed by atoms with van der Waals surface area (Å²) in [4.78, 5) is 0. The molecule has 0 bridgehead atoms. The Hall–Kier alpha value is -0.840. The molecule has 0 spiro atoms. The minimum Gasteiger partial charge on any atom is -0.292 e. The Kier molecular flexibility index (Phi) is 11.0. The van der Waals surface area contributed by atoms with E-state index in [0.29, 0.717) is 5.92 Å². The van der Waals surface area contributed by atoms with Gasteiger partial charge in [0.1, 0.15) is 0 Å². The van der Waals surface area contributed by atoms with E-state index >= 15 is 0 Å². The zero-order chi connectivity index (χ0) is 14.8. The van der Waals surface area contributed by atoms with Gasteiger partial charge in [-0.3, -0.25) is 19.6 Å². The van der Waals surface area contributed by atoms with Crippen LogP contribution < -0.4 is 0 Å². The van der Waals surface area contributed by atoms with Crippen molar-refractivity contribution >= 4 is 19.3 Å². The van der Waals surface area contributed by atoms with E-state index in [1.807, 2.05) is 6.07 Å². The predicted octanol–water partition coefficient (Wildman–Crippen LogP) is 1.84. The zero-order valence-electron chi connectivity index (χ0n) is 9.79. The molecule has 0 saturated carbocycles. The van der Waals surface area contributed by atoms with Gasteiger partial charge >= 0.3 is 19.3 Å². The second-order valence-corrected chi connectivity index (χ2v) is 6.62. The van der Waals surface area contributed by atoms with Crippen LogP contribution in [0, 0.1) is 0 Å². The first kappa shape index (κ1) is 19.5. The van der Waals surface area contributed by atoms with E-state index in [2.05, 4.69) is 38.1 Å². The van der Waals surface area contributed by atoms with Crippen LogP contribution in [0.3, 0.4) is 0 Å². The minimum atomic E-state index is -4.71. The van der Waals surface area contributed by atoms with Gasteiger partial charge in [-0.1, -0.05) is 44.2 Å². The van der Waals surface area contributed by atoms with Crippen LogP contribution in [0.4, 0.5) is 0 Å². The SMILES string of the molecule is CC(C)c1ccccc1.O=S(O)S(=O)(=O)O.OO. The fraction of sp³-hybridized carbons (Fsp3) is 0.333. The quantitative estimate of drug-likeness (QED) is 0.215. The second kappa shape index (κ2) is 10.1. The van der Waals surface area contributed by atoms with E-state index in [1.54, 1.807) is 0 Å². The number of rotatable bonds is 2. The van der Waals surface area contributed by atoms with E-state index in [4.69, 9.17) is 19.6 Å². The predicted molar refractivity (Wildman–Crippen MR) is 68.1 cm³/mol. The Morgan fingerprint density at radius 2 is 1.44 bits per heavy atom. The number of benzene rings is 1. The standard InChI is InChI=1S/C9H12.H2O5S2.H2O2/c1-8(2)9-6-4-3-5-7-9;1-6(2)7(3,4)5;1-2/h3-8H,1-2H3;(H,1,2)(H,3,4,5);1-2H. The summed E-state index contributed by atoms with van der Waals surface area (Å²) >= 11 is 0. The molecule has 7 nitrogen and oxygen atoms in total. The molecule has 9 heteroatoms. The van der Waals surface area contributed by atoms with E-state index in [1.165, 1.54) is 5.56 Å². The Bertz CT molecular complexity index is 427. The minimum absolute atomic E-state index is 0.659. The second-order valence-electron chi connectivity index (χ2n) is 3.21. The molecule has 0 aliphatic heterocycles. The molecule has 0 aliphatic rings. The topological polar surface area (TPSA) is 132 Å². The Morgan fingerprint density at radius 1 is 1.11 bits per heavy atom. The van der Waals surface area contributed by atoms with Crippen molar-refractivity contribution in [2.45, 2.75) is 19.8 Å². The molecule has 0 radical (unpaired) electrons. The van der Waals surface area contributed by atoms with Crippen molar-refractivity contribution in [2.75, 3.05) is 0 Å². The fourth-order valence-electron chi connectivity index (χ4n) is 0.838. The molecule has 1 aromatic carbocycles. The summed E-state index contributed by atoms with van der Waals surface area (Å²) in [5.74, 6) is 0.659. The van der Waals surface area contributed by atoms with Gasteiger partial charge in [0.15, 0.2) is 0 Å². The molecule has 0 saturated heterocycles. The summed E-state index contributed by atoms with van der Waals surface area (Å²) in [5, 5.41) is 12.0. The van der Waals surface area contributed by atoms with Crippen LogP contribution in [0.25, 0.3) is 0 Å². The molecule has 0 fully saturated rings. The fourth-order valence-corrected chi connectivity index (χ4v) is 0.838. The van der Waals surface area contributed by atoms with Crippen molar-refractivity contribution in [2.24, 2.45) is 0 Å². The molecule has 0 heterocycles. The molecule has 0 aliphatic carbocycles. The number of hydrogen-bond donors (Lipinski definition) is 4. The van der Waals surface area contributed by atoms with Crippen molar-refractivity contribution in [1.29, 1.82) is 0 Å². The first-order valence-corrected chi connectivity index (χ1v) is 7.65. The maximum Gasteiger partial charge on any atom is 0.373 e. The number of hydrogen-bond acceptors (Lipinski definition) is 5. The lowest BCUT2D eigenvalue weighted by Gasteiger charge is -2.01. The van der Waals surface area contributed by atoms with Crippen molar-refractivity contribution in [1.82, 2.24) is 0 Å². The summed E-state index contributed by atoms with van der Waals surface area (Å²) in [6, 6.07) is 10.5. The van der Waals surface area contributed by atoms with Crippen LogP contribution in [-0.2, 0) is 19.3 Å². The highest BCUT2D eigenvalue weighted by atomic mass is 33.2. The van der Waals surface area contributed by atoms with Crippen molar-refractivity contribution in [3.05, 3.63) is 35.9 Å². The van der Waals surface area contributed by atoms with Gasteiger partial charge < -0.3 is 0 Å². The molecule has 1 aromatic rings. The van der Waals surface area contributed by atoms with Gasteiger partial charge in [0.25, 0.3) is 0 Å². The van der Waals surface area contributed by atoms with Crippen LogP contribution >= 0.6 is 0 Å². The van der Waals surface area contributed by atoms with Gasteiger partial charge in [-0.15, -0.1) is 0 Å². The first-order valence-electron chi connectivity index (χ1n) is 4.59. The molecule has 1 rings (SSSR count). The van der Waals surface area contributed by atoms with Crippen LogP contribution in [0.2, 0.25) is 0 Å². The third kappa shape index (κ3) is 10.3. The van der Waals surface area contributed by atoms with E-state index in [0.717, 1.165) is 0 Å². The van der Waals surface area contributed by atoms with E-state index < -0.39 is 19.3 Å². The van der Waals surface area contributed by atoms with E-state index in [-0.39, 0.29) is 0 Å². The van der Waals surface area contributed by atoms with Gasteiger partial charge in [-0.2, -0.15) is 8.42 Å². The maximum absolute atomic E-state index is 9.34. The maximum atomic E-state index is 9.34. The summed E-state index contributed by atoms with van der Waals surface area (Å²) in [6.07, 6.45) is 0. The van der Waals surface area contributed by atoms with Gasteiger partial charge in [0, 0.05) is 0 Å². The molecule has 106 valence electrons. The average Bonchev–Trinajstić information content (AvgIpc) is 2.32. The third-order valence-electron chi connectivity index (χ3n) is 1.65. The summed E-state index contributed by atoms with van der Waals surface area (Å²) in [5.41, 5.74) is 1.41. The molecule has 1 atom stereocenters. The van der Waals surface area contributed by atoms with Crippen molar-refractivity contribution < 1.29 is 32.2 Å². The smallest absolute Gasteiger partial charge is 0.292 e. The highest BCUT2D eigenvalue weighted by Gasteiger charge is 2.10. The van der Waals surface area contributed by atoms with Gasteiger partial charge in [-0.25, -0.2) is 4.21 Å². The first-order chi connectivity index (χ1) is 8.25. The lowest BCUT2D eigenvalue weighted by atomic mass is 10.0. The molecule has 18 heavy (non-hydrogen) atoms.